The zero-order chi connectivity index (χ0) is 9.14. The van der Waals surface area contributed by atoms with Crippen molar-refractivity contribution in [2.75, 3.05) is 19.6 Å². The largest absolute Gasteiger partial charge is 0.370 e. The van der Waals surface area contributed by atoms with Crippen molar-refractivity contribution in [2.24, 2.45) is 11.7 Å². The molecule has 1 aliphatic rings. The maximum absolute atomic E-state index is 10.5. The third kappa shape index (κ3) is 2.81. The normalized spacial score (nSPS) is 19.6. The molecule has 3 heteroatoms. The molecule has 1 amide bonds. The van der Waals surface area contributed by atoms with Gasteiger partial charge in [0.15, 0.2) is 0 Å². The minimum Gasteiger partial charge on any atom is -0.370 e. The Morgan fingerprint density at radius 3 is 2.50 bits per heavy atom. The van der Waals surface area contributed by atoms with Crippen molar-refractivity contribution in [2.45, 2.75) is 20.3 Å². The molecule has 2 N–H and O–H groups in total. The number of primary amides is 1. The SMILES string of the molecule is C[C](C)CN1CC(CC(N)=O)C1. The fraction of sp³-hybridized carbons (Fsp3) is 0.778. The Kier molecular flexibility index (Phi) is 3.09. The predicted molar refractivity (Wildman–Crippen MR) is 48.3 cm³/mol. The van der Waals surface area contributed by atoms with E-state index in [0.29, 0.717) is 12.3 Å². The number of rotatable bonds is 4. The first-order valence-electron chi connectivity index (χ1n) is 4.37. The molecule has 0 aromatic heterocycles. The number of carbonyl (C=O) groups is 1. The van der Waals surface area contributed by atoms with E-state index in [-0.39, 0.29) is 5.91 Å². The number of likely N-dealkylation sites (tertiary alicyclic amines) is 1. The second-order valence-electron chi connectivity index (χ2n) is 3.94. The van der Waals surface area contributed by atoms with Crippen LogP contribution in [0, 0.1) is 11.8 Å². The first-order chi connectivity index (χ1) is 5.58. The van der Waals surface area contributed by atoms with Gasteiger partial charge < -0.3 is 10.6 Å². The Morgan fingerprint density at radius 1 is 1.50 bits per heavy atom. The molecule has 0 unspecified atom stereocenters. The van der Waals surface area contributed by atoms with Crippen molar-refractivity contribution in [1.82, 2.24) is 4.90 Å². The van der Waals surface area contributed by atoms with Crippen molar-refractivity contribution >= 4 is 5.91 Å². The van der Waals surface area contributed by atoms with Crippen LogP contribution in [0.2, 0.25) is 0 Å². The van der Waals surface area contributed by atoms with Crippen LogP contribution in [0.15, 0.2) is 0 Å². The molecule has 0 bridgehead atoms. The Hall–Kier alpha value is -0.570. The lowest BCUT2D eigenvalue weighted by molar-refractivity contribution is -0.120. The van der Waals surface area contributed by atoms with Gasteiger partial charge in [0.05, 0.1) is 0 Å². The van der Waals surface area contributed by atoms with Gasteiger partial charge in [-0.3, -0.25) is 4.79 Å². The van der Waals surface area contributed by atoms with Crippen molar-refractivity contribution in [3.05, 3.63) is 5.92 Å². The molecule has 1 radical (unpaired) electrons. The van der Waals surface area contributed by atoms with Gasteiger partial charge in [-0.25, -0.2) is 0 Å². The van der Waals surface area contributed by atoms with Crippen LogP contribution < -0.4 is 5.73 Å². The first kappa shape index (κ1) is 9.52. The summed E-state index contributed by atoms with van der Waals surface area (Å²) in [6.45, 7) is 7.39. The molecular weight excluding hydrogens is 152 g/mol. The third-order valence-electron chi connectivity index (χ3n) is 2.06. The summed E-state index contributed by atoms with van der Waals surface area (Å²) in [6.07, 6.45) is 0.555. The minimum atomic E-state index is -0.170. The highest BCUT2D eigenvalue weighted by Crippen LogP contribution is 2.19. The lowest BCUT2D eigenvalue weighted by atomic mass is 9.95. The minimum absolute atomic E-state index is 0.170. The molecule has 0 spiro atoms. The highest BCUT2D eigenvalue weighted by Gasteiger charge is 2.27. The maximum Gasteiger partial charge on any atom is 0.217 e. The molecule has 0 aromatic carbocycles. The van der Waals surface area contributed by atoms with Gasteiger partial charge in [0.25, 0.3) is 0 Å². The van der Waals surface area contributed by atoms with E-state index in [1.165, 1.54) is 5.92 Å². The lowest BCUT2D eigenvalue weighted by Crippen LogP contribution is -2.49. The van der Waals surface area contributed by atoms with Gasteiger partial charge in [0.2, 0.25) is 5.91 Å². The van der Waals surface area contributed by atoms with Gasteiger partial charge in [-0.15, -0.1) is 0 Å². The summed E-state index contributed by atoms with van der Waals surface area (Å²) in [5.41, 5.74) is 5.09. The van der Waals surface area contributed by atoms with E-state index >= 15 is 0 Å². The van der Waals surface area contributed by atoms with Crippen LogP contribution in [-0.2, 0) is 4.79 Å². The molecule has 1 aliphatic heterocycles. The zero-order valence-electron chi connectivity index (χ0n) is 7.84. The van der Waals surface area contributed by atoms with E-state index in [1.54, 1.807) is 0 Å². The average molecular weight is 169 g/mol. The van der Waals surface area contributed by atoms with Crippen LogP contribution in [0.3, 0.4) is 0 Å². The van der Waals surface area contributed by atoms with E-state index in [9.17, 15) is 4.79 Å². The van der Waals surface area contributed by atoms with E-state index in [0.717, 1.165) is 19.6 Å². The Labute approximate surface area is 73.9 Å². The molecule has 0 aromatic rings. The summed E-state index contributed by atoms with van der Waals surface area (Å²) < 4.78 is 0. The number of nitrogens with two attached hydrogens (primary N) is 1. The molecule has 1 heterocycles. The number of amides is 1. The average Bonchev–Trinajstić information content (AvgIpc) is 1.80. The number of hydrogen-bond donors (Lipinski definition) is 1. The van der Waals surface area contributed by atoms with Gasteiger partial charge in [0, 0.05) is 26.1 Å². The second-order valence-corrected chi connectivity index (χ2v) is 3.94. The van der Waals surface area contributed by atoms with E-state index in [1.807, 2.05) is 0 Å². The predicted octanol–water partition coefficient (Wildman–Crippen LogP) is 0.408. The molecular formula is C9H17N2O. The molecule has 0 aliphatic carbocycles. The van der Waals surface area contributed by atoms with Gasteiger partial charge in [0.1, 0.15) is 0 Å². The molecule has 1 saturated heterocycles. The van der Waals surface area contributed by atoms with Crippen LogP contribution in [0.25, 0.3) is 0 Å². The maximum atomic E-state index is 10.5. The number of hydrogen-bond acceptors (Lipinski definition) is 2. The van der Waals surface area contributed by atoms with E-state index < -0.39 is 0 Å². The summed E-state index contributed by atoms with van der Waals surface area (Å²) in [6, 6.07) is 0. The van der Waals surface area contributed by atoms with Crippen LogP contribution in [0.1, 0.15) is 20.3 Å². The van der Waals surface area contributed by atoms with Gasteiger partial charge in [-0.1, -0.05) is 13.8 Å². The molecule has 69 valence electrons. The van der Waals surface area contributed by atoms with E-state index in [4.69, 9.17) is 5.73 Å². The van der Waals surface area contributed by atoms with Crippen LogP contribution in [0.5, 0.6) is 0 Å². The van der Waals surface area contributed by atoms with Crippen molar-refractivity contribution in [1.29, 1.82) is 0 Å². The first-order valence-corrected chi connectivity index (χ1v) is 4.37. The fourth-order valence-electron chi connectivity index (χ4n) is 1.67. The smallest absolute Gasteiger partial charge is 0.217 e. The molecule has 0 atom stereocenters. The summed E-state index contributed by atoms with van der Waals surface area (Å²) in [7, 11) is 0. The molecule has 12 heavy (non-hydrogen) atoms. The highest BCUT2D eigenvalue weighted by atomic mass is 16.1. The number of nitrogens with zero attached hydrogens (tertiary/aromatic N) is 1. The molecule has 0 saturated carbocycles. The summed E-state index contributed by atoms with van der Waals surface area (Å²) >= 11 is 0. The molecule has 1 rings (SSSR count). The summed E-state index contributed by atoms with van der Waals surface area (Å²) in [5, 5.41) is 0. The molecule has 3 nitrogen and oxygen atoms in total. The standard InChI is InChI=1S/C9H17N2O/c1-7(2)4-11-5-8(6-11)3-9(10)12/h8H,3-6H2,1-2H3,(H2,10,12). The van der Waals surface area contributed by atoms with Crippen molar-refractivity contribution in [3.8, 4) is 0 Å². The Bertz CT molecular complexity index is 162. The number of carbonyl (C=O) groups excluding carboxylic acids is 1. The van der Waals surface area contributed by atoms with Gasteiger partial charge >= 0.3 is 0 Å². The zero-order valence-corrected chi connectivity index (χ0v) is 7.84. The summed E-state index contributed by atoms with van der Waals surface area (Å²) in [4.78, 5) is 12.9. The molecule has 1 fully saturated rings. The summed E-state index contributed by atoms with van der Waals surface area (Å²) in [5.74, 6) is 1.77. The van der Waals surface area contributed by atoms with Crippen molar-refractivity contribution in [3.63, 3.8) is 0 Å². The van der Waals surface area contributed by atoms with E-state index in [2.05, 4.69) is 18.7 Å². The Balaban J connectivity index is 2.08. The van der Waals surface area contributed by atoms with Gasteiger partial charge in [-0.2, -0.15) is 0 Å². The quantitative estimate of drug-likeness (QED) is 0.662. The topological polar surface area (TPSA) is 46.3 Å². The van der Waals surface area contributed by atoms with Crippen molar-refractivity contribution < 1.29 is 4.79 Å². The fourth-order valence-corrected chi connectivity index (χ4v) is 1.67. The van der Waals surface area contributed by atoms with Gasteiger partial charge in [-0.05, 0) is 11.8 Å². The van der Waals surface area contributed by atoms with Crippen LogP contribution in [0.4, 0.5) is 0 Å². The Morgan fingerprint density at radius 2 is 2.08 bits per heavy atom. The second kappa shape index (κ2) is 3.90. The lowest BCUT2D eigenvalue weighted by Gasteiger charge is -2.39. The monoisotopic (exact) mass is 169 g/mol. The third-order valence-corrected chi connectivity index (χ3v) is 2.06. The van der Waals surface area contributed by atoms with Crippen LogP contribution >= 0.6 is 0 Å². The van der Waals surface area contributed by atoms with Crippen LogP contribution in [-0.4, -0.2) is 30.4 Å². The highest BCUT2D eigenvalue weighted by molar-refractivity contribution is 5.74.